The van der Waals surface area contributed by atoms with Gasteiger partial charge in [0.25, 0.3) is 5.91 Å². The van der Waals surface area contributed by atoms with Crippen LogP contribution in [0.5, 0.6) is 5.75 Å². The minimum atomic E-state index is -0.680. The number of aryl methyl sites for hydroxylation is 2. The number of rotatable bonds is 5. The Morgan fingerprint density at radius 3 is 2.69 bits per heavy atom. The van der Waals surface area contributed by atoms with Gasteiger partial charge in [-0.15, -0.1) is 0 Å². The fourth-order valence-corrected chi connectivity index (χ4v) is 5.97. The standard InChI is InChI=1S/C30H35NO5/c1-19-24-12-13-26(20(2)27(24)36-29(33)25(19)17-22-9-5-4-6-10-22)35-21(3)28(32)31-16-15-30(34)14-8-7-11-23(30)18-31/h4-6,9-10,12-13,21,23,34H,7-8,11,14-18H2,1-3H3/t21-,23-,30-/m0/s1. The van der Waals surface area contributed by atoms with E-state index in [0.29, 0.717) is 48.4 Å². The molecule has 6 heteroatoms. The number of carbonyl (C=O) groups excluding carboxylic acids is 1. The van der Waals surface area contributed by atoms with Crippen molar-refractivity contribution in [3.8, 4) is 5.75 Å². The van der Waals surface area contributed by atoms with Gasteiger partial charge in [0.2, 0.25) is 0 Å². The zero-order chi connectivity index (χ0) is 25.4. The molecular formula is C30H35NO5. The van der Waals surface area contributed by atoms with Crippen molar-refractivity contribution in [3.63, 3.8) is 0 Å². The molecule has 3 aromatic rings. The van der Waals surface area contributed by atoms with Gasteiger partial charge in [0.15, 0.2) is 6.10 Å². The summed E-state index contributed by atoms with van der Waals surface area (Å²) in [6, 6.07) is 13.6. The van der Waals surface area contributed by atoms with Gasteiger partial charge in [-0.2, -0.15) is 0 Å². The van der Waals surface area contributed by atoms with E-state index in [1.165, 1.54) is 0 Å². The van der Waals surface area contributed by atoms with Crippen molar-refractivity contribution in [2.45, 2.75) is 71.0 Å². The van der Waals surface area contributed by atoms with E-state index in [1.54, 1.807) is 6.92 Å². The number of amides is 1. The molecule has 2 heterocycles. The first-order valence-electron chi connectivity index (χ1n) is 13.0. The van der Waals surface area contributed by atoms with Gasteiger partial charge in [-0.05, 0) is 63.3 Å². The number of carbonyl (C=O) groups is 1. The van der Waals surface area contributed by atoms with Crippen LogP contribution in [0.3, 0.4) is 0 Å². The highest BCUT2D eigenvalue weighted by Gasteiger charge is 2.44. The summed E-state index contributed by atoms with van der Waals surface area (Å²) in [5.41, 5.74) is 2.84. The van der Waals surface area contributed by atoms with Gasteiger partial charge in [0.1, 0.15) is 11.3 Å². The normalized spacial score (nSPS) is 22.8. The fourth-order valence-electron chi connectivity index (χ4n) is 5.97. The molecule has 36 heavy (non-hydrogen) atoms. The minimum Gasteiger partial charge on any atom is -0.480 e. The smallest absolute Gasteiger partial charge is 0.340 e. The number of hydrogen-bond donors (Lipinski definition) is 1. The molecule has 2 aromatic carbocycles. The molecule has 1 N–H and O–H groups in total. The molecule has 1 amide bonds. The Balaban J connectivity index is 1.35. The molecule has 0 unspecified atom stereocenters. The van der Waals surface area contributed by atoms with Crippen LogP contribution in [0.15, 0.2) is 51.7 Å². The minimum absolute atomic E-state index is 0.0713. The van der Waals surface area contributed by atoms with E-state index in [-0.39, 0.29) is 17.5 Å². The van der Waals surface area contributed by atoms with Gasteiger partial charge in [-0.1, -0.05) is 43.2 Å². The maximum Gasteiger partial charge on any atom is 0.340 e. The van der Waals surface area contributed by atoms with Crippen LogP contribution in [-0.4, -0.2) is 40.7 Å². The second kappa shape index (κ2) is 9.74. The topological polar surface area (TPSA) is 80.0 Å². The Bertz CT molecular complexity index is 1330. The van der Waals surface area contributed by atoms with Crippen LogP contribution < -0.4 is 10.4 Å². The van der Waals surface area contributed by atoms with Crippen molar-refractivity contribution in [2.24, 2.45) is 5.92 Å². The van der Waals surface area contributed by atoms with Gasteiger partial charge in [0.05, 0.1) is 5.60 Å². The molecular weight excluding hydrogens is 454 g/mol. The van der Waals surface area contributed by atoms with E-state index < -0.39 is 11.7 Å². The number of benzene rings is 2. The van der Waals surface area contributed by atoms with Crippen molar-refractivity contribution >= 4 is 16.9 Å². The number of piperidine rings is 1. The van der Waals surface area contributed by atoms with E-state index in [9.17, 15) is 14.7 Å². The third kappa shape index (κ3) is 4.55. The van der Waals surface area contributed by atoms with Gasteiger partial charge in [-0.3, -0.25) is 4.79 Å². The number of nitrogens with zero attached hydrogens (tertiary/aromatic N) is 1. The van der Waals surface area contributed by atoms with Crippen LogP contribution in [0.1, 0.15) is 61.3 Å². The molecule has 2 fully saturated rings. The maximum atomic E-state index is 13.2. The van der Waals surface area contributed by atoms with Crippen LogP contribution in [0.4, 0.5) is 0 Å². The molecule has 1 saturated heterocycles. The molecule has 5 rings (SSSR count). The first-order chi connectivity index (χ1) is 17.3. The van der Waals surface area contributed by atoms with E-state index in [1.807, 2.05) is 61.2 Å². The van der Waals surface area contributed by atoms with E-state index in [2.05, 4.69) is 0 Å². The highest BCUT2D eigenvalue weighted by Crippen LogP contribution is 2.40. The summed E-state index contributed by atoms with van der Waals surface area (Å²) < 4.78 is 11.9. The third-order valence-electron chi connectivity index (χ3n) is 8.27. The van der Waals surface area contributed by atoms with Crippen molar-refractivity contribution in [2.75, 3.05) is 13.1 Å². The molecule has 1 aliphatic heterocycles. The number of aliphatic hydroxyl groups is 1. The van der Waals surface area contributed by atoms with Gasteiger partial charge in [-0.25, -0.2) is 4.79 Å². The molecule has 0 radical (unpaired) electrons. The lowest BCUT2D eigenvalue weighted by atomic mass is 9.71. The second-order valence-electron chi connectivity index (χ2n) is 10.6. The highest BCUT2D eigenvalue weighted by atomic mass is 16.5. The zero-order valence-electron chi connectivity index (χ0n) is 21.4. The van der Waals surface area contributed by atoms with Crippen molar-refractivity contribution < 1.29 is 19.1 Å². The van der Waals surface area contributed by atoms with E-state index in [0.717, 1.165) is 42.2 Å². The first kappa shape index (κ1) is 24.6. The summed E-state index contributed by atoms with van der Waals surface area (Å²) in [6.45, 7) is 6.70. The maximum absolute atomic E-state index is 13.2. The zero-order valence-corrected chi connectivity index (χ0v) is 21.4. The summed E-state index contributed by atoms with van der Waals surface area (Å²) in [6.07, 6.45) is 4.42. The average Bonchev–Trinajstić information content (AvgIpc) is 2.88. The van der Waals surface area contributed by atoms with Gasteiger partial charge in [0, 0.05) is 41.9 Å². The van der Waals surface area contributed by atoms with Gasteiger partial charge < -0.3 is 19.2 Å². The predicted octanol–water partition coefficient (Wildman–Crippen LogP) is 4.92. The van der Waals surface area contributed by atoms with Crippen LogP contribution in [0.2, 0.25) is 0 Å². The Hall–Kier alpha value is -3.12. The molecule has 1 saturated carbocycles. The van der Waals surface area contributed by atoms with Crippen molar-refractivity contribution in [1.82, 2.24) is 4.90 Å². The number of fused-ring (bicyclic) bond motifs is 2. The van der Waals surface area contributed by atoms with Crippen molar-refractivity contribution in [3.05, 3.63) is 75.1 Å². The Morgan fingerprint density at radius 1 is 1.14 bits per heavy atom. The summed E-state index contributed by atoms with van der Waals surface area (Å²) >= 11 is 0. The fraction of sp³-hybridized carbons (Fsp3) is 0.467. The molecule has 1 aromatic heterocycles. The Labute approximate surface area is 211 Å². The third-order valence-corrected chi connectivity index (χ3v) is 8.27. The summed E-state index contributed by atoms with van der Waals surface area (Å²) in [5.74, 6) is 0.603. The first-order valence-corrected chi connectivity index (χ1v) is 13.0. The van der Waals surface area contributed by atoms with Gasteiger partial charge >= 0.3 is 5.63 Å². The second-order valence-corrected chi connectivity index (χ2v) is 10.6. The molecule has 6 nitrogen and oxygen atoms in total. The summed E-state index contributed by atoms with van der Waals surface area (Å²) in [4.78, 5) is 28.0. The Kier molecular flexibility index (Phi) is 6.64. The lowest BCUT2D eigenvalue weighted by Gasteiger charge is -2.47. The lowest BCUT2D eigenvalue weighted by molar-refractivity contribution is -0.149. The summed E-state index contributed by atoms with van der Waals surface area (Å²) in [5, 5.41) is 11.8. The highest BCUT2D eigenvalue weighted by molar-refractivity contribution is 5.86. The van der Waals surface area contributed by atoms with Crippen LogP contribution >= 0.6 is 0 Å². The number of hydrogen-bond acceptors (Lipinski definition) is 5. The lowest BCUT2D eigenvalue weighted by Crippen LogP contribution is -2.56. The number of ether oxygens (including phenoxy) is 1. The predicted molar refractivity (Wildman–Crippen MR) is 139 cm³/mol. The number of likely N-dealkylation sites (tertiary alicyclic amines) is 1. The van der Waals surface area contributed by atoms with E-state index >= 15 is 0 Å². The summed E-state index contributed by atoms with van der Waals surface area (Å²) in [7, 11) is 0. The molecule has 3 atom stereocenters. The quantitative estimate of drug-likeness (QED) is 0.515. The average molecular weight is 490 g/mol. The van der Waals surface area contributed by atoms with Crippen LogP contribution in [0, 0.1) is 19.8 Å². The van der Waals surface area contributed by atoms with Crippen LogP contribution in [-0.2, 0) is 11.2 Å². The van der Waals surface area contributed by atoms with E-state index in [4.69, 9.17) is 9.15 Å². The van der Waals surface area contributed by atoms with Crippen molar-refractivity contribution in [1.29, 1.82) is 0 Å². The van der Waals surface area contributed by atoms with Crippen LogP contribution in [0.25, 0.3) is 11.0 Å². The largest absolute Gasteiger partial charge is 0.480 e. The molecule has 0 bridgehead atoms. The molecule has 2 aliphatic rings. The molecule has 0 spiro atoms. The Morgan fingerprint density at radius 2 is 1.92 bits per heavy atom. The monoisotopic (exact) mass is 489 g/mol. The molecule has 190 valence electrons. The molecule has 1 aliphatic carbocycles. The SMILES string of the molecule is Cc1c(Cc2ccccc2)c(=O)oc2c(C)c(O[C@@H](C)C(=O)N3CC[C@@]4(O)CCCC[C@H]4C3)ccc12.